The van der Waals surface area contributed by atoms with Gasteiger partial charge in [-0.05, 0) is 47.5 Å². The van der Waals surface area contributed by atoms with E-state index in [1.807, 2.05) is 11.0 Å². The predicted molar refractivity (Wildman–Crippen MR) is 150 cm³/mol. The van der Waals surface area contributed by atoms with Crippen molar-refractivity contribution in [1.29, 1.82) is 5.41 Å². The maximum absolute atomic E-state index is 13.8. The van der Waals surface area contributed by atoms with E-state index in [4.69, 9.17) is 15.9 Å². The number of nitrogen functional groups attached to an aromatic ring is 1. The third-order valence-corrected chi connectivity index (χ3v) is 6.72. The zero-order valence-corrected chi connectivity index (χ0v) is 21.9. The van der Waals surface area contributed by atoms with Crippen molar-refractivity contribution in [1.82, 2.24) is 14.9 Å². The number of amides is 1. The number of nitrogens with two attached hydrogens (primary N) is 1. The number of alkyl halides is 2. The molecule has 0 unspecified atom stereocenters. The van der Waals surface area contributed by atoms with Crippen molar-refractivity contribution < 1.29 is 22.7 Å². The van der Waals surface area contributed by atoms with E-state index in [9.17, 15) is 18.0 Å². The van der Waals surface area contributed by atoms with Gasteiger partial charge in [0, 0.05) is 67.8 Å². The fraction of sp³-hybridized carbons (Fsp3) is 0.200. The second-order valence-electron chi connectivity index (χ2n) is 9.76. The molecule has 0 radical (unpaired) electrons. The highest BCUT2D eigenvalue weighted by Crippen LogP contribution is 2.30. The van der Waals surface area contributed by atoms with Crippen LogP contribution in [0, 0.1) is 11.2 Å². The number of hydrogen-bond acceptors (Lipinski definition) is 7. The smallest absolute Gasteiger partial charge is 0.274 e. The average molecular weight is 561 g/mol. The number of hydrogen-bond donors (Lipinski definition) is 3. The number of anilines is 2. The number of piperidine rings is 1. The van der Waals surface area contributed by atoms with Crippen LogP contribution >= 0.6 is 0 Å². The van der Waals surface area contributed by atoms with E-state index in [2.05, 4.69) is 15.3 Å². The van der Waals surface area contributed by atoms with Crippen molar-refractivity contribution in [2.75, 3.05) is 24.1 Å². The Hall–Kier alpha value is -4.77. The van der Waals surface area contributed by atoms with Crippen molar-refractivity contribution in [3.63, 3.8) is 0 Å². The quantitative estimate of drug-likeness (QED) is 0.183. The fourth-order valence-corrected chi connectivity index (χ4v) is 4.45. The van der Waals surface area contributed by atoms with Crippen molar-refractivity contribution >= 4 is 23.0 Å². The van der Waals surface area contributed by atoms with Crippen molar-refractivity contribution in [3.05, 3.63) is 96.2 Å². The molecule has 8 nitrogen and oxygen atoms in total. The molecule has 0 bridgehead atoms. The van der Waals surface area contributed by atoms with Gasteiger partial charge in [-0.3, -0.25) is 20.1 Å². The normalized spacial score (nSPS) is 14.8. The topological polar surface area (TPSA) is 117 Å². The number of para-hydroxylation sites is 1. The molecular formula is C30H27F3N6O2. The number of halogens is 3. The summed E-state index contributed by atoms with van der Waals surface area (Å²) in [6.45, 7) is 1.12. The first-order chi connectivity index (χ1) is 19.7. The molecule has 0 atom stereocenters. The molecule has 2 aromatic carbocycles. The molecule has 0 saturated carbocycles. The number of aromatic nitrogens is 2. The summed E-state index contributed by atoms with van der Waals surface area (Å²) in [5.41, 5.74) is 8.86. The third kappa shape index (κ3) is 6.87. The number of carbonyl (C=O) groups is 1. The molecule has 41 heavy (non-hydrogen) atoms. The summed E-state index contributed by atoms with van der Waals surface area (Å²) in [7, 11) is 0. The summed E-state index contributed by atoms with van der Waals surface area (Å²) in [4.78, 5) is 23.2. The molecule has 4 aromatic rings. The molecular weight excluding hydrogens is 533 g/mol. The Labute approximate surface area is 234 Å². The van der Waals surface area contributed by atoms with E-state index in [0.29, 0.717) is 30.9 Å². The number of rotatable bonds is 8. The lowest BCUT2D eigenvalue weighted by Crippen LogP contribution is -2.38. The lowest BCUT2D eigenvalue weighted by Gasteiger charge is -2.31. The summed E-state index contributed by atoms with van der Waals surface area (Å²) in [6, 6.07) is 15.8. The van der Waals surface area contributed by atoms with E-state index >= 15 is 0 Å². The molecule has 11 heteroatoms. The highest BCUT2D eigenvalue weighted by molar-refractivity contribution is 6.48. The van der Waals surface area contributed by atoms with Gasteiger partial charge in [0.2, 0.25) is 5.88 Å². The molecule has 1 fully saturated rings. The number of pyridine rings is 2. The third-order valence-electron chi connectivity index (χ3n) is 6.72. The number of likely N-dealkylation sites (tertiary alicyclic amines) is 1. The molecule has 210 valence electrons. The molecule has 2 aromatic heterocycles. The van der Waals surface area contributed by atoms with Crippen LogP contribution in [0.25, 0.3) is 11.1 Å². The lowest BCUT2D eigenvalue weighted by atomic mass is 9.99. The van der Waals surface area contributed by atoms with Gasteiger partial charge in [-0.15, -0.1) is 0 Å². The summed E-state index contributed by atoms with van der Waals surface area (Å²) < 4.78 is 46.2. The lowest BCUT2D eigenvalue weighted by molar-refractivity contribution is -0.110. The molecule has 5 rings (SSSR count). The van der Waals surface area contributed by atoms with Crippen LogP contribution in [-0.4, -0.2) is 45.5 Å². The highest BCUT2D eigenvalue weighted by Gasteiger charge is 2.33. The van der Waals surface area contributed by atoms with Gasteiger partial charge in [0.1, 0.15) is 5.71 Å². The molecule has 0 spiro atoms. The average Bonchev–Trinajstić information content (AvgIpc) is 2.96. The van der Waals surface area contributed by atoms with Gasteiger partial charge >= 0.3 is 0 Å². The number of ether oxygens (including phenoxy) is 1. The Morgan fingerprint density at radius 3 is 2.54 bits per heavy atom. The number of nitrogens with zero attached hydrogens (tertiary/aromatic N) is 3. The van der Waals surface area contributed by atoms with Crippen molar-refractivity contribution in [3.8, 4) is 22.8 Å². The van der Waals surface area contributed by atoms with Crippen LogP contribution in [0.1, 0.15) is 24.0 Å². The van der Waals surface area contributed by atoms with Crippen LogP contribution in [0.4, 0.5) is 24.5 Å². The van der Waals surface area contributed by atoms with Gasteiger partial charge in [-0.2, -0.15) is 0 Å². The Balaban J connectivity index is 1.25. The zero-order valence-electron chi connectivity index (χ0n) is 21.9. The monoisotopic (exact) mass is 560 g/mol. The number of benzene rings is 2. The molecule has 0 aliphatic carbocycles. The minimum atomic E-state index is -2.61. The van der Waals surface area contributed by atoms with E-state index < -0.39 is 17.6 Å². The molecule has 1 aliphatic heterocycles. The Kier molecular flexibility index (Phi) is 7.97. The van der Waals surface area contributed by atoms with E-state index in [-0.39, 0.29) is 41.4 Å². The zero-order chi connectivity index (χ0) is 29.0. The molecule has 1 amide bonds. The molecule has 1 saturated heterocycles. The largest absolute Gasteiger partial charge is 0.436 e. The van der Waals surface area contributed by atoms with E-state index in [1.165, 1.54) is 30.5 Å². The first-order valence-corrected chi connectivity index (χ1v) is 12.9. The van der Waals surface area contributed by atoms with Crippen molar-refractivity contribution in [2.45, 2.75) is 25.3 Å². The highest BCUT2D eigenvalue weighted by atomic mass is 19.3. The first kappa shape index (κ1) is 27.8. The summed E-state index contributed by atoms with van der Waals surface area (Å²) in [5.74, 6) is -3.69. The van der Waals surface area contributed by atoms with Crippen LogP contribution in [0.5, 0.6) is 11.6 Å². The minimum Gasteiger partial charge on any atom is -0.436 e. The maximum atomic E-state index is 13.8. The molecule has 1 aliphatic rings. The van der Waals surface area contributed by atoms with Gasteiger partial charge in [0.25, 0.3) is 11.8 Å². The van der Waals surface area contributed by atoms with Crippen LogP contribution in [0.15, 0.2) is 79.3 Å². The Bertz CT molecular complexity index is 1570. The van der Waals surface area contributed by atoms with E-state index in [1.54, 1.807) is 42.7 Å². The van der Waals surface area contributed by atoms with Crippen LogP contribution in [0.3, 0.4) is 0 Å². The Morgan fingerprint density at radius 1 is 1.02 bits per heavy atom. The standard InChI is InChI=1S/C30H27F3N6O2/c31-24-3-1-2-4-26(24)41-27-8-6-22(17-37-27)38-29(40)28(35)23-14-20(5-7-25(23)34)21-13-19(15-36-16-21)18-39-11-9-30(32,33)10-12-39/h1-8,13-17,35H,9-12,18,34H2,(H,38,40). The summed E-state index contributed by atoms with van der Waals surface area (Å²) in [5, 5.41) is 11.1. The second kappa shape index (κ2) is 11.8. The van der Waals surface area contributed by atoms with Gasteiger partial charge < -0.3 is 15.8 Å². The summed E-state index contributed by atoms with van der Waals surface area (Å²) >= 11 is 0. The van der Waals surface area contributed by atoms with Crippen LogP contribution < -0.4 is 15.8 Å². The van der Waals surface area contributed by atoms with Gasteiger partial charge in [-0.1, -0.05) is 18.2 Å². The predicted octanol–water partition coefficient (Wildman–Crippen LogP) is 5.89. The van der Waals surface area contributed by atoms with E-state index in [0.717, 1.165) is 11.1 Å². The maximum Gasteiger partial charge on any atom is 0.274 e. The van der Waals surface area contributed by atoms with Crippen LogP contribution in [-0.2, 0) is 11.3 Å². The first-order valence-electron chi connectivity index (χ1n) is 12.9. The molecule has 3 heterocycles. The minimum absolute atomic E-state index is 0.0193. The van der Waals surface area contributed by atoms with Gasteiger partial charge in [0.15, 0.2) is 11.6 Å². The van der Waals surface area contributed by atoms with Gasteiger partial charge in [-0.25, -0.2) is 18.2 Å². The SMILES string of the molecule is N=C(C(=O)Nc1ccc(Oc2ccccc2F)nc1)c1cc(-c2cncc(CN3CCC(F)(F)CC3)c2)ccc1N. The number of nitrogens with one attached hydrogen (secondary N) is 2. The fourth-order valence-electron chi connectivity index (χ4n) is 4.45. The summed E-state index contributed by atoms with van der Waals surface area (Å²) in [6.07, 6.45) is 4.37. The second-order valence-corrected chi connectivity index (χ2v) is 9.76. The van der Waals surface area contributed by atoms with Crippen molar-refractivity contribution in [2.24, 2.45) is 0 Å². The Morgan fingerprint density at radius 2 is 1.80 bits per heavy atom. The molecule has 4 N–H and O–H groups in total. The van der Waals surface area contributed by atoms with Gasteiger partial charge in [0.05, 0.1) is 11.9 Å². The van der Waals surface area contributed by atoms with Crippen LogP contribution in [0.2, 0.25) is 0 Å². The number of carbonyl (C=O) groups excluding carboxylic acids is 1.